The Labute approximate surface area is 175 Å². The van der Waals surface area contributed by atoms with Gasteiger partial charge in [0.25, 0.3) is 0 Å². The van der Waals surface area contributed by atoms with Gasteiger partial charge in [-0.1, -0.05) is 12.8 Å². The molecule has 2 aliphatic rings. The van der Waals surface area contributed by atoms with Crippen molar-refractivity contribution < 1.29 is 14.3 Å². The van der Waals surface area contributed by atoms with Gasteiger partial charge >= 0.3 is 5.97 Å². The van der Waals surface area contributed by atoms with Crippen LogP contribution in [0.15, 0.2) is 23.2 Å². The SMILES string of the molecule is CCOC(=O)CC[C@@H]1CSC(c2cc3cc(OC)cc(NC4CCCC4)c3[nH]2)=N1. The molecule has 2 heterocycles. The van der Waals surface area contributed by atoms with E-state index in [-0.39, 0.29) is 12.0 Å². The number of anilines is 1. The number of thioether (sulfide) groups is 1. The average Bonchev–Trinajstić information content (AvgIpc) is 3.46. The molecule has 1 aromatic carbocycles. The van der Waals surface area contributed by atoms with E-state index in [1.807, 2.05) is 6.92 Å². The second-order valence-electron chi connectivity index (χ2n) is 7.69. The van der Waals surface area contributed by atoms with E-state index in [2.05, 4.69) is 28.5 Å². The Morgan fingerprint density at radius 2 is 2.14 bits per heavy atom. The Bertz CT molecular complexity index is 902. The molecule has 0 amide bonds. The molecule has 1 aliphatic heterocycles. The molecular weight excluding hydrogens is 386 g/mol. The lowest BCUT2D eigenvalue weighted by Crippen LogP contribution is -2.14. The monoisotopic (exact) mass is 415 g/mol. The Morgan fingerprint density at radius 1 is 1.31 bits per heavy atom. The number of H-pyrrole nitrogens is 1. The van der Waals surface area contributed by atoms with Gasteiger partial charge < -0.3 is 19.8 Å². The van der Waals surface area contributed by atoms with Gasteiger partial charge in [-0.15, -0.1) is 11.8 Å². The van der Waals surface area contributed by atoms with Crippen molar-refractivity contribution in [2.75, 3.05) is 24.8 Å². The van der Waals surface area contributed by atoms with Crippen LogP contribution in [0.5, 0.6) is 5.75 Å². The first kappa shape index (κ1) is 20.1. The minimum absolute atomic E-state index is 0.138. The summed E-state index contributed by atoms with van der Waals surface area (Å²) in [6.45, 7) is 2.27. The van der Waals surface area contributed by atoms with Crippen LogP contribution >= 0.6 is 11.8 Å². The number of methoxy groups -OCH3 is 1. The number of aromatic amines is 1. The molecule has 0 spiro atoms. The lowest BCUT2D eigenvalue weighted by atomic mass is 10.1. The van der Waals surface area contributed by atoms with Gasteiger partial charge in [0, 0.05) is 29.7 Å². The summed E-state index contributed by atoms with van der Waals surface area (Å²) in [5.41, 5.74) is 3.23. The molecule has 0 radical (unpaired) electrons. The number of nitrogens with one attached hydrogen (secondary N) is 2. The molecule has 2 aromatic rings. The van der Waals surface area contributed by atoms with Crippen molar-refractivity contribution in [1.82, 2.24) is 4.98 Å². The smallest absolute Gasteiger partial charge is 0.305 e. The number of carbonyl (C=O) groups excluding carboxylic acids is 1. The molecule has 2 N–H and O–H groups in total. The standard InChI is InChI=1S/C22H29N3O3S/c1-3-28-20(26)9-8-16-13-29-22(24-16)19-11-14-10-17(27-2)12-18(21(14)25-19)23-15-6-4-5-7-15/h10-12,15-16,23,25H,3-9,13H2,1-2H3/t16-/m1/s1. The summed E-state index contributed by atoms with van der Waals surface area (Å²) in [5.74, 6) is 1.62. The molecule has 0 unspecified atom stereocenters. The summed E-state index contributed by atoms with van der Waals surface area (Å²) >= 11 is 1.75. The minimum atomic E-state index is -0.138. The highest BCUT2D eigenvalue weighted by Crippen LogP contribution is 2.34. The number of ether oxygens (including phenoxy) is 2. The van der Waals surface area contributed by atoms with E-state index in [0.717, 1.165) is 45.3 Å². The summed E-state index contributed by atoms with van der Waals surface area (Å²) in [7, 11) is 1.71. The predicted octanol–water partition coefficient (Wildman–Crippen LogP) is 4.74. The fraction of sp³-hybridized carbons (Fsp3) is 0.545. The van der Waals surface area contributed by atoms with E-state index < -0.39 is 0 Å². The highest BCUT2D eigenvalue weighted by Gasteiger charge is 2.23. The third-order valence-corrected chi connectivity index (χ3v) is 6.73. The first-order chi connectivity index (χ1) is 14.2. The van der Waals surface area contributed by atoms with Crippen molar-refractivity contribution in [2.45, 2.75) is 57.5 Å². The van der Waals surface area contributed by atoms with Crippen LogP contribution in [-0.2, 0) is 9.53 Å². The molecule has 1 aliphatic carbocycles. The van der Waals surface area contributed by atoms with Crippen LogP contribution in [0.3, 0.4) is 0 Å². The fourth-order valence-corrected chi connectivity index (χ4v) is 5.16. The number of benzene rings is 1. The molecule has 29 heavy (non-hydrogen) atoms. The number of aliphatic imine (C=N–C) groups is 1. The molecule has 1 saturated carbocycles. The number of hydrogen-bond acceptors (Lipinski definition) is 6. The van der Waals surface area contributed by atoms with Gasteiger partial charge in [0.1, 0.15) is 10.8 Å². The second kappa shape index (κ2) is 9.11. The lowest BCUT2D eigenvalue weighted by molar-refractivity contribution is -0.143. The van der Waals surface area contributed by atoms with E-state index in [0.29, 0.717) is 19.1 Å². The normalized spacial score (nSPS) is 19.5. The van der Waals surface area contributed by atoms with Crippen LogP contribution in [0.25, 0.3) is 10.9 Å². The molecule has 7 heteroatoms. The van der Waals surface area contributed by atoms with E-state index in [4.69, 9.17) is 14.5 Å². The van der Waals surface area contributed by atoms with Crippen LogP contribution in [0, 0.1) is 0 Å². The molecule has 1 aromatic heterocycles. The van der Waals surface area contributed by atoms with Crippen molar-refractivity contribution in [3.63, 3.8) is 0 Å². The fourth-order valence-electron chi connectivity index (χ4n) is 4.08. The van der Waals surface area contributed by atoms with Crippen molar-refractivity contribution >= 4 is 39.4 Å². The number of rotatable bonds is 8. The Hall–Kier alpha value is -2.15. The summed E-state index contributed by atoms with van der Waals surface area (Å²) in [6.07, 6.45) is 6.18. The van der Waals surface area contributed by atoms with Crippen LogP contribution in [-0.4, -0.2) is 47.6 Å². The second-order valence-corrected chi connectivity index (χ2v) is 8.70. The number of carbonyl (C=O) groups is 1. The van der Waals surface area contributed by atoms with Gasteiger partial charge in [0.2, 0.25) is 0 Å². The maximum atomic E-state index is 11.6. The van der Waals surface area contributed by atoms with E-state index in [1.165, 1.54) is 25.7 Å². The maximum absolute atomic E-state index is 11.6. The first-order valence-corrected chi connectivity index (χ1v) is 11.5. The van der Waals surface area contributed by atoms with Gasteiger partial charge in [-0.05, 0) is 38.3 Å². The van der Waals surface area contributed by atoms with Crippen LogP contribution in [0.4, 0.5) is 5.69 Å². The molecule has 1 fully saturated rings. The number of aromatic nitrogens is 1. The topological polar surface area (TPSA) is 75.7 Å². The minimum Gasteiger partial charge on any atom is -0.497 e. The maximum Gasteiger partial charge on any atom is 0.305 e. The molecule has 156 valence electrons. The Kier molecular flexibility index (Phi) is 6.33. The van der Waals surface area contributed by atoms with E-state index in [9.17, 15) is 4.79 Å². The molecule has 4 rings (SSSR count). The molecule has 6 nitrogen and oxygen atoms in total. The van der Waals surface area contributed by atoms with Gasteiger partial charge in [-0.3, -0.25) is 9.79 Å². The van der Waals surface area contributed by atoms with Crippen LogP contribution in [0.2, 0.25) is 0 Å². The highest BCUT2D eigenvalue weighted by molar-refractivity contribution is 8.14. The third-order valence-electron chi connectivity index (χ3n) is 5.58. The van der Waals surface area contributed by atoms with Gasteiger partial charge in [0.05, 0.1) is 36.7 Å². The summed E-state index contributed by atoms with van der Waals surface area (Å²) in [5, 5.41) is 5.84. The van der Waals surface area contributed by atoms with Crippen molar-refractivity contribution in [3.05, 3.63) is 23.9 Å². The van der Waals surface area contributed by atoms with E-state index >= 15 is 0 Å². The molecular formula is C22H29N3O3S. The zero-order chi connectivity index (χ0) is 20.2. The number of esters is 1. The predicted molar refractivity (Wildman–Crippen MR) is 119 cm³/mol. The van der Waals surface area contributed by atoms with E-state index in [1.54, 1.807) is 18.9 Å². The van der Waals surface area contributed by atoms with Crippen LogP contribution in [0.1, 0.15) is 51.1 Å². The first-order valence-electron chi connectivity index (χ1n) is 10.5. The van der Waals surface area contributed by atoms with Gasteiger partial charge in [-0.2, -0.15) is 0 Å². The zero-order valence-corrected chi connectivity index (χ0v) is 17.9. The van der Waals surface area contributed by atoms with Gasteiger partial charge in [-0.25, -0.2) is 0 Å². The summed E-state index contributed by atoms with van der Waals surface area (Å²) in [6, 6.07) is 6.98. The van der Waals surface area contributed by atoms with Gasteiger partial charge in [0.15, 0.2) is 0 Å². The summed E-state index contributed by atoms with van der Waals surface area (Å²) < 4.78 is 10.5. The average molecular weight is 416 g/mol. The lowest BCUT2D eigenvalue weighted by Gasteiger charge is -2.15. The number of nitrogens with zero attached hydrogens (tertiary/aromatic N) is 1. The highest BCUT2D eigenvalue weighted by atomic mass is 32.2. The molecule has 0 saturated heterocycles. The number of hydrogen-bond donors (Lipinski definition) is 2. The molecule has 0 bridgehead atoms. The largest absolute Gasteiger partial charge is 0.497 e. The van der Waals surface area contributed by atoms with Crippen LogP contribution < -0.4 is 10.1 Å². The van der Waals surface area contributed by atoms with Crippen molar-refractivity contribution in [2.24, 2.45) is 4.99 Å². The number of fused-ring (bicyclic) bond motifs is 1. The molecule has 1 atom stereocenters. The summed E-state index contributed by atoms with van der Waals surface area (Å²) in [4.78, 5) is 20.0. The zero-order valence-electron chi connectivity index (χ0n) is 17.1. The van der Waals surface area contributed by atoms with Crippen molar-refractivity contribution in [3.8, 4) is 5.75 Å². The quantitative estimate of drug-likeness (QED) is 0.609. The Morgan fingerprint density at radius 3 is 2.90 bits per heavy atom. The van der Waals surface area contributed by atoms with Crippen molar-refractivity contribution in [1.29, 1.82) is 0 Å². The Balaban J connectivity index is 1.53. The third kappa shape index (κ3) is 4.71.